The maximum absolute atomic E-state index is 10.5. The minimum atomic E-state index is -0.812. The normalized spacial score (nSPS) is 12.3. The molecule has 0 heterocycles. The molecule has 0 aliphatic rings. The van der Waals surface area contributed by atoms with Crippen LogP contribution in [-0.2, 0) is 4.79 Å². The summed E-state index contributed by atoms with van der Waals surface area (Å²) in [6.07, 6.45) is 32.7. The number of carboxylic acid groups (broad SMARTS) is 1. The van der Waals surface area contributed by atoms with Crippen LogP contribution in [0.3, 0.4) is 0 Å². The van der Waals surface area contributed by atoms with E-state index in [1.165, 1.54) is 141 Å². The Morgan fingerprint density at radius 2 is 0.781 bits per heavy atom. The molecule has 3 nitrogen and oxygen atoms in total. The summed E-state index contributed by atoms with van der Waals surface area (Å²) in [5, 5.41) is 18.3. The predicted octanol–water partition coefficient (Wildman–Crippen LogP) is 9.59. The zero-order valence-corrected chi connectivity index (χ0v) is 21.8. The smallest absolute Gasteiger partial charge is 0.303 e. The largest absolute Gasteiger partial charge is 0.481 e. The molecule has 0 aliphatic carbocycles. The number of aliphatic hydroxyl groups excluding tert-OH is 1. The number of hydrogen-bond acceptors (Lipinski definition) is 2. The summed E-state index contributed by atoms with van der Waals surface area (Å²) >= 11 is 0. The highest BCUT2D eigenvalue weighted by molar-refractivity contribution is 5.66. The van der Waals surface area contributed by atoms with Gasteiger partial charge in [-0.1, -0.05) is 155 Å². The van der Waals surface area contributed by atoms with E-state index in [0.29, 0.717) is 6.42 Å². The molecule has 32 heavy (non-hydrogen) atoms. The molecule has 2 N–H and O–H groups in total. The van der Waals surface area contributed by atoms with Crippen LogP contribution in [0.5, 0.6) is 0 Å². The van der Waals surface area contributed by atoms with Crippen molar-refractivity contribution in [2.75, 3.05) is 0 Å². The van der Waals surface area contributed by atoms with E-state index in [2.05, 4.69) is 6.92 Å². The van der Waals surface area contributed by atoms with E-state index in [1.54, 1.807) is 0 Å². The summed E-state index contributed by atoms with van der Waals surface area (Å²) in [6.45, 7) is 2.29. The van der Waals surface area contributed by atoms with Gasteiger partial charge in [-0.3, -0.25) is 4.79 Å². The molecule has 1 unspecified atom stereocenters. The van der Waals surface area contributed by atoms with E-state index >= 15 is 0 Å². The van der Waals surface area contributed by atoms with E-state index in [1.807, 2.05) is 0 Å². The molecule has 0 aromatic heterocycles. The monoisotopic (exact) mass is 454 g/mol. The number of aliphatic hydroxyl groups is 1. The molecule has 0 spiro atoms. The number of rotatable bonds is 27. The third-order valence-corrected chi connectivity index (χ3v) is 6.83. The third-order valence-electron chi connectivity index (χ3n) is 6.83. The highest BCUT2D eigenvalue weighted by atomic mass is 16.4. The van der Waals surface area contributed by atoms with Crippen molar-refractivity contribution < 1.29 is 15.0 Å². The first-order chi connectivity index (χ1) is 15.7. The van der Waals surface area contributed by atoms with Crippen LogP contribution in [0, 0.1) is 0 Å². The van der Waals surface area contributed by atoms with Crippen molar-refractivity contribution in [1.82, 2.24) is 0 Å². The minimum Gasteiger partial charge on any atom is -0.481 e. The van der Waals surface area contributed by atoms with Gasteiger partial charge in [0.2, 0.25) is 0 Å². The Labute approximate surface area is 201 Å². The fourth-order valence-electron chi connectivity index (χ4n) is 4.60. The molecule has 0 aliphatic heterocycles. The number of hydrogen-bond donors (Lipinski definition) is 2. The Balaban J connectivity index is 3.07. The second kappa shape index (κ2) is 26.7. The molecule has 0 fully saturated rings. The number of carbonyl (C=O) groups is 1. The first-order valence-electron chi connectivity index (χ1n) is 14.6. The van der Waals surface area contributed by atoms with E-state index < -0.39 is 12.1 Å². The molecule has 0 aromatic carbocycles. The molecule has 192 valence electrons. The molecule has 0 amide bonds. The average molecular weight is 455 g/mol. The Morgan fingerprint density at radius 3 is 1.06 bits per heavy atom. The summed E-state index contributed by atoms with van der Waals surface area (Å²) in [6, 6.07) is 0. The Kier molecular flexibility index (Phi) is 26.2. The highest BCUT2D eigenvalue weighted by Crippen LogP contribution is 2.16. The van der Waals surface area contributed by atoms with Gasteiger partial charge in [0, 0.05) is 6.42 Å². The van der Waals surface area contributed by atoms with Crippen molar-refractivity contribution in [1.29, 1.82) is 0 Å². The zero-order chi connectivity index (χ0) is 23.5. The van der Waals surface area contributed by atoms with E-state index in [4.69, 9.17) is 5.11 Å². The SMILES string of the molecule is CCCCCCCCCCCCCCCCCCCCCCCCCC(O)CCC(=O)O. The van der Waals surface area contributed by atoms with Crippen LogP contribution >= 0.6 is 0 Å². The highest BCUT2D eigenvalue weighted by Gasteiger charge is 2.06. The fraction of sp³-hybridized carbons (Fsp3) is 0.966. The van der Waals surface area contributed by atoms with Gasteiger partial charge in [-0.15, -0.1) is 0 Å². The Bertz CT molecular complexity index is 369. The summed E-state index contributed by atoms with van der Waals surface area (Å²) < 4.78 is 0. The Morgan fingerprint density at radius 1 is 0.500 bits per heavy atom. The molecule has 0 saturated carbocycles. The second-order valence-corrected chi connectivity index (χ2v) is 10.2. The number of carboxylic acids is 1. The van der Waals surface area contributed by atoms with Crippen molar-refractivity contribution in [3.05, 3.63) is 0 Å². The maximum atomic E-state index is 10.5. The van der Waals surface area contributed by atoms with Gasteiger partial charge in [0.15, 0.2) is 0 Å². The lowest BCUT2D eigenvalue weighted by Gasteiger charge is -2.08. The van der Waals surface area contributed by atoms with Gasteiger partial charge in [0.1, 0.15) is 0 Å². The molecular formula is C29H58O3. The van der Waals surface area contributed by atoms with Gasteiger partial charge in [0.05, 0.1) is 6.10 Å². The standard InChI is InChI=1S/C29H58O3/c1-2-3-4-5-6-7-8-9-10-11-12-13-14-15-16-17-18-19-20-21-22-23-24-25-28(30)26-27-29(31)32/h28,30H,2-27H2,1H3,(H,31,32). The van der Waals surface area contributed by atoms with Gasteiger partial charge < -0.3 is 10.2 Å². The van der Waals surface area contributed by atoms with Crippen molar-refractivity contribution in [2.24, 2.45) is 0 Å². The first-order valence-corrected chi connectivity index (χ1v) is 14.6. The van der Waals surface area contributed by atoms with Crippen LogP contribution in [0.4, 0.5) is 0 Å². The van der Waals surface area contributed by atoms with Crippen LogP contribution in [0.1, 0.15) is 174 Å². The summed E-state index contributed by atoms with van der Waals surface area (Å²) in [5.74, 6) is -0.812. The lowest BCUT2D eigenvalue weighted by Crippen LogP contribution is -2.09. The van der Waals surface area contributed by atoms with Gasteiger partial charge in [-0.25, -0.2) is 0 Å². The summed E-state index contributed by atoms with van der Waals surface area (Å²) in [4.78, 5) is 10.5. The van der Waals surface area contributed by atoms with Gasteiger partial charge in [-0.05, 0) is 12.8 Å². The lowest BCUT2D eigenvalue weighted by molar-refractivity contribution is -0.137. The van der Waals surface area contributed by atoms with Crippen LogP contribution < -0.4 is 0 Å². The minimum absolute atomic E-state index is 0.0839. The van der Waals surface area contributed by atoms with Crippen molar-refractivity contribution >= 4 is 5.97 Å². The van der Waals surface area contributed by atoms with Crippen LogP contribution in [0.2, 0.25) is 0 Å². The summed E-state index contributed by atoms with van der Waals surface area (Å²) in [5.41, 5.74) is 0. The van der Waals surface area contributed by atoms with E-state index in [9.17, 15) is 9.90 Å². The zero-order valence-electron chi connectivity index (χ0n) is 21.8. The third kappa shape index (κ3) is 27.5. The molecular weight excluding hydrogens is 396 g/mol. The number of aliphatic carboxylic acids is 1. The van der Waals surface area contributed by atoms with E-state index in [0.717, 1.165) is 12.8 Å². The van der Waals surface area contributed by atoms with Crippen LogP contribution in [0.15, 0.2) is 0 Å². The van der Waals surface area contributed by atoms with Gasteiger partial charge in [0.25, 0.3) is 0 Å². The van der Waals surface area contributed by atoms with Crippen molar-refractivity contribution in [3.8, 4) is 0 Å². The van der Waals surface area contributed by atoms with Crippen molar-refractivity contribution in [3.63, 3.8) is 0 Å². The van der Waals surface area contributed by atoms with Gasteiger partial charge >= 0.3 is 5.97 Å². The van der Waals surface area contributed by atoms with Gasteiger partial charge in [-0.2, -0.15) is 0 Å². The topological polar surface area (TPSA) is 57.5 Å². The number of unbranched alkanes of at least 4 members (excludes halogenated alkanes) is 22. The molecule has 1 atom stereocenters. The molecule has 0 rings (SSSR count). The quantitative estimate of drug-likeness (QED) is 0.121. The maximum Gasteiger partial charge on any atom is 0.303 e. The van der Waals surface area contributed by atoms with Crippen LogP contribution in [0.25, 0.3) is 0 Å². The molecule has 3 heteroatoms. The van der Waals surface area contributed by atoms with Crippen LogP contribution in [-0.4, -0.2) is 22.3 Å². The van der Waals surface area contributed by atoms with Crippen molar-refractivity contribution in [2.45, 2.75) is 180 Å². The first kappa shape index (κ1) is 31.4. The molecule has 0 bridgehead atoms. The fourth-order valence-corrected chi connectivity index (χ4v) is 4.60. The molecule has 0 saturated heterocycles. The average Bonchev–Trinajstić information content (AvgIpc) is 2.78. The molecule has 0 radical (unpaired) electrons. The summed E-state index contributed by atoms with van der Waals surface area (Å²) in [7, 11) is 0. The lowest BCUT2D eigenvalue weighted by atomic mass is 10.0. The predicted molar refractivity (Wildman–Crippen MR) is 139 cm³/mol. The Hall–Kier alpha value is -0.570. The molecule has 0 aromatic rings. The second-order valence-electron chi connectivity index (χ2n) is 10.2. The van der Waals surface area contributed by atoms with E-state index in [-0.39, 0.29) is 6.42 Å².